The molecule has 0 unspecified atom stereocenters. The predicted molar refractivity (Wildman–Crippen MR) is 52.1 cm³/mol. The molecule has 13 heavy (non-hydrogen) atoms. The van der Waals surface area contributed by atoms with Crippen molar-refractivity contribution in [3.63, 3.8) is 0 Å². The van der Waals surface area contributed by atoms with E-state index in [0.717, 1.165) is 18.7 Å². The molecule has 0 aromatic carbocycles. The molecule has 0 bridgehead atoms. The summed E-state index contributed by atoms with van der Waals surface area (Å²) in [6, 6.07) is 0. The van der Waals surface area contributed by atoms with Crippen LogP contribution in [0.15, 0.2) is 12.4 Å². The smallest absolute Gasteiger partial charge is 0.126 e. The van der Waals surface area contributed by atoms with Crippen LogP contribution in [-0.2, 0) is 5.54 Å². The van der Waals surface area contributed by atoms with Gasteiger partial charge in [-0.25, -0.2) is 4.98 Å². The number of aromatic nitrogens is 2. The number of nitrogens with zero attached hydrogens (tertiary/aromatic N) is 1. The Morgan fingerprint density at radius 2 is 2.23 bits per heavy atom. The second-order valence-corrected chi connectivity index (χ2v) is 4.93. The molecular formula is C10H17N3. The Labute approximate surface area is 78.7 Å². The van der Waals surface area contributed by atoms with Crippen molar-refractivity contribution in [1.29, 1.82) is 0 Å². The van der Waals surface area contributed by atoms with E-state index < -0.39 is 0 Å². The second-order valence-electron chi connectivity index (χ2n) is 4.93. The van der Waals surface area contributed by atoms with Crippen molar-refractivity contribution in [3.05, 3.63) is 18.2 Å². The van der Waals surface area contributed by atoms with E-state index in [4.69, 9.17) is 5.73 Å². The third-order valence-electron chi connectivity index (χ3n) is 3.01. The second kappa shape index (κ2) is 2.58. The van der Waals surface area contributed by atoms with Gasteiger partial charge in [0.25, 0.3) is 0 Å². The van der Waals surface area contributed by atoms with Gasteiger partial charge in [0.05, 0.1) is 5.54 Å². The topological polar surface area (TPSA) is 54.7 Å². The zero-order valence-electron chi connectivity index (χ0n) is 8.30. The van der Waals surface area contributed by atoms with Gasteiger partial charge in [-0.2, -0.15) is 0 Å². The molecule has 0 amide bonds. The molecule has 3 N–H and O–H groups in total. The van der Waals surface area contributed by atoms with Crippen molar-refractivity contribution in [2.24, 2.45) is 11.1 Å². The Balaban J connectivity index is 2.25. The van der Waals surface area contributed by atoms with Crippen LogP contribution in [0.4, 0.5) is 0 Å². The highest BCUT2D eigenvalue weighted by Gasteiger charge is 2.43. The van der Waals surface area contributed by atoms with Crippen molar-refractivity contribution in [1.82, 2.24) is 9.97 Å². The van der Waals surface area contributed by atoms with Crippen LogP contribution in [-0.4, -0.2) is 9.97 Å². The first kappa shape index (κ1) is 8.75. The van der Waals surface area contributed by atoms with Gasteiger partial charge in [-0.1, -0.05) is 13.8 Å². The van der Waals surface area contributed by atoms with E-state index in [9.17, 15) is 0 Å². The molecule has 72 valence electrons. The largest absolute Gasteiger partial charge is 0.347 e. The Morgan fingerprint density at radius 3 is 2.69 bits per heavy atom. The summed E-state index contributed by atoms with van der Waals surface area (Å²) in [5.74, 6) is 0.943. The lowest BCUT2D eigenvalue weighted by Gasteiger charge is -2.24. The minimum Gasteiger partial charge on any atom is -0.347 e. The van der Waals surface area contributed by atoms with Crippen LogP contribution in [0.3, 0.4) is 0 Å². The molecule has 1 saturated carbocycles. The van der Waals surface area contributed by atoms with Crippen molar-refractivity contribution >= 4 is 0 Å². The minimum absolute atomic E-state index is 0.215. The molecule has 1 atom stereocenters. The first-order valence-corrected chi connectivity index (χ1v) is 4.81. The van der Waals surface area contributed by atoms with Crippen LogP contribution in [0, 0.1) is 5.41 Å². The lowest BCUT2D eigenvalue weighted by molar-refractivity contribution is 0.332. The Hall–Kier alpha value is -0.830. The highest BCUT2D eigenvalue weighted by Crippen LogP contribution is 2.46. The number of aromatic amines is 1. The van der Waals surface area contributed by atoms with Gasteiger partial charge in [-0.05, 0) is 24.7 Å². The maximum Gasteiger partial charge on any atom is 0.126 e. The van der Waals surface area contributed by atoms with E-state index in [1.54, 1.807) is 6.20 Å². The lowest BCUT2D eigenvalue weighted by atomic mass is 9.88. The summed E-state index contributed by atoms with van der Waals surface area (Å²) < 4.78 is 0. The molecule has 1 heterocycles. The molecule has 3 heteroatoms. The Morgan fingerprint density at radius 1 is 1.46 bits per heavy atom. The summed E-state index contributed by atoms with van der Waals surface area (Å²) >= 11 is 0. The van der Waals surface area contributed by atoms with Crippen LogP contribution in [0.25, 0.3) is 0 Å². The fourth-order valence-corrected chi connectivity index (χ4v) is 2.33. The maximum absolute atomic E-state index is 6.31. The van der Waals surface area contributed by atoms with Gasteiger partial charge in [0.15, 0.2) is 0 Å². The molecule has 1 aliphatic rings. The zero-order valence-corrected chi connectivity index (χ0v) is 8.30. The lowest BCUT2D eigenvalue weighted by Crippen LogP contribution is -2.35. The van der Waals surface area contributed by atoms with Crippen molar-refractivity contribution < 1.29 is 0 Å². The normalized spacial score (nSPS) is 32.2. The Bertz CT molecular complexity index is 289. The molecular weight excluding hydrogens is 162 g/mol. The Kier molecular flexibility index (Phi) is 1.74. The van der Waals surface area contributed by atoms with Crippen LogP contribution in [0.1, 0.15) is 38.9 Å². The number of nitrogens with two attached hydrogens (primary N) is 1. The third-order valence-corrected chi connectivity index (χ3v) is 3.01. The zero-order chi connectivity index (χ0) is 9.53. The van der Waals surface area contributed by atoms with Crippen molar-refractivity contribution in [2.75, 3.05) is 0 Å². The molecule has 1 aromatic heterocycles. The highest BCUT2D eigenvalue weighted by molar-refractivity contribution is 5.10. The van der Waals surface area contributed by atoms with E-state index in [1.807, 2.05) is 6.20 Å². The van der Waals surface area contributed by atoms with Crippen LogP contribution < -0.4 is 5.73 Å². The molecule has 0 radical (unpaired) electrons. The van der Waals surface area contributed by atoms with Crippen LogP contribution in [0.2, 0.25) is 0 Å². The quantitative estimate of drug-likeness (QED) is 0.690. The number of nitrogens with one attached hydrogen (secondary N) is 1. The minimum atomic E-state index is -0.215. The van der Waals surface area contributed by atoms with Gasteiger partial charge in [0.1, 0.15) is 5.82 Å². The third kappa shape index (κ3) is 1.48. The summed E-state index contributed by atoms with van der Waals surface area (Å²) in [5, 5.41) is 0. The standard InChI is InChI=1S/C10H17N3/c1-9(2)3-4-10(11,7-9)8-12-5-6-13-8/h5-6H,3-4,7,11H2,1-2H3,(H,12,13)/t10-/m1/s1. The fourth-order valence-electron chi connectivity index (χ4n) is 2.33. The number of imidazole rings is 1. The summed E-state index contributed by atoms with van der Waals surface area (Å²) in [7, 11) is 0. The van der Waals surface area contributed by atoms with Crippen LogP contribution >= 0.6 is 0 Å². The van der Waals surface area contributed by atoms with E-state index in [2.05, 4.69) is 23.8 Å². The molecule has 0 spiro atoms. The summed E-state index contributed by atoms with van der Waals surface area (Å²) in [5.41, 5.74) is 6.45. The average Bonchev–Trinajstić information content (AvgIpc) is 2.58. The van der Waals surface area contributed by atoms with Gasteiger partial charge in [-0.3, -0.25) is 0 Å². The molecule has 1 aromatic rings. The molecule has 1 fully saturated rings. The van der Waals surface area contributed by atoms with E-state index in [-0.39, 0.29) is 5.54 Å². The van der Waals surface area contributed by atoms with Gasteiger partial charge in [0, 0.05) is 12.4 Å². The van der Waals surface area contributed by atoms with Crippen molar-refractivity contribution in [2.45, 2.75) is 38.6 Å². The van der Waals surface area contributed by atoms with Crippen LogP contribution in [0.5, 0.6) is 0 Å². The summed E-state index contributed by atoms with van der Waals surface area (Å²) in [6.07, 6.45) is 6.86. The first-order valence-electron chi connectivity index (χ1n) is 4.81. The van der Waals surface area contributed by atoms with E-state index in [1.165, 1.54) is 6.42 Å². The van der Waals surface area contributed by atoms with Gasteiger partial charge < -0.3 is 10.7 Å². The SMILES string of the molecule is CC1(C)CC[C@](N)(c2ncc[nH]2)C1. The van der Waals surface area contributed by atoms with E-state index >= 15 is 0 Å². The summed E-state index contributed by atoms with van der Waals surface area (Å²) in [4.78, 5) is 7.38. The highest BCUT2D eigenvalue weighted by atomic mass is 15.0. The number of hydrogen-bond acceptors (Lipinski definition) is 2. The number of rotatable bonds is 1. The number of H-pyrrole nitrogens is 1. The molecule has 3 nitrogen and oxygen atoms in total. The molecule has 2 rings (SSSR count). The fraction of sp³-hybridized carbons (Fsp3) is 0.700. The van der Waals surface area contributed by atoms with Gasteiger partial charge in [-0.15, -0.1) is 0 Å². The van der Waals surface area contributed by atoms with E-state index in [0.29, 0.717) is 5.41 Å². The van der Waals surface area contributed by atoms with Gasteiger partial charge in [0.2, 0.25) is 0 Å². The maximum atomic E-state index is 6.31. The molecule has 1 aliphatic carbocycles. The molecule has 0 saturated heterocycles. The average molecular weight is 179 g/mol. The summed E-state index contributed by atoms with van der Waals surface area (Å²) in [6.45, 7) is 4.54. The van der Waals surface area contributed by atoms with Gasteiger partial charge >= 0.3 is 0 Å². The predicted octanol–water partition coefficient (Wildman–Crippen LogP) is 1.77. The monoisotopic (exact) mass is 179 g/mol. The number of hydrogen-bond donors (Lipinski definition) is 2. The van der Waals surface area contributed by atoms with Crippen molar-refractivity contribution in [3.8, 4) is 0 Å². The first-order chi connectivity index (χ1) is 6.02. The molecule has 0 aliphatic heterocycles.